The first kappa shape index (κ1) is 22.2. The van der Waals surface area contributed by atoms with E-state index in [1.54, 1.807) is 47.1 Å². The minimum absolute atomic E-state index is 0.0162. The molecule has 6 nitrogen and oxygen atoms in total. The quantitative estimate of drug-likeness (QED) is 0.390. The summed E-state index contributed by atoms with van der Waals surface area (Å²) in [6, 6.07) is 8.78. The number of nitrogens with zero attached hydrogens (tertiary/aromatic N) is 4. The number of imidazole rings is 1. The van der Waals surface area contributed by atoms with E-state index in [4.69, 9.17) is 5.73 Å². The molecular weight excluding hydrogens is 443 g/mol. The van der Waals surface area contributed by atoms with E-state index in [0.29, 0.717) is 39.9 Å². The maximum absolute atomic E-state index is 13.5. The lowest BCUT2D eigenvalue weighted by atomic mass is 9.90. The Morgan fingerprint density at radius 2 is 1.91 bits per heavy atom. The van der Waals surface area contributed by atoms with Crippen LogP contribution >= 0.6 is 0 Å². The largest absolute Gasteiger partial charge is 0.416 e. The van der Waals surface area contributed by atoms with Crippen molar-refractivity contribution in [2.24, 2.45) is 0 Å². The number of hydrogen-bond acceptors (Lipinski definition) is 4. The maximum atomic E-state index is 13.5. The molecule has 1 amide bonds. The molecule has 2 N–H and O–H groups in total. The van der Waals surface area contributed by atoms with Gasteiger partial charge in [-0.2, -0.15) is 13.2 Å². The van der Waals surface area contributed by atoms with Crippen LogP contribution in [-0.4, -0.2) is 32.2 Å². The molecule has 0 spiro atoms. The van der Waals surface area contributed by atoms with Gasteiger partial charge >= 0.3 is 6.18 Å². The molecule has 2 aromatic carbocycles. The van der Waals surface area contributed by atoms with Gasteiger partial charge in [0.25, 0.3) is 5.91 Å². The van der Waals surface area contributed by atoms with E-state index in [9.17, 15) is 18.0 Å². The van der Waals surface area contributed by atoms with Crippen molar-refractivity contribution >= 4 is 28.3 Å². The normalized spacial score (nSPS) is 18.6. The van der Waals surface area contributed by atoms with Gasteiger partial charge in [-0.1, -0.05) is 19.4 Å². The van der Waals surface area contributed by atoms with Crippen LogP contribution < -0.4 is 5.73 Å². The van der Waals surface area contributed by atoms with Gasteiger partial charge in [-0.25, -0.2) is 9.97 Å². The van der Waals surface area contributed by atoms with Crippen LogP contribution in [0.3, 0.4) is 0 Å². The standard InChI is InChI=1S/C25H24F3N5O/c1-14-4-3-5-20(17-8-7-16(11-18(14)17)25(26,27)28)32(2)24(34)15-6-9-19-21(10-15)33-13-30-12-22(33)23(29)31-19/h6-14,20H,3-5H2,1-2H3,(H2,29,31)/t14?,20-/m1/s1. The van der Waals surface area contributed by atoms with E-state index in [-0.39, 0.29) is 17.9 Å². The second kappa shape index (κ2) is 8.00. The van der Waals surface area contributed by atoms with Gasteiger partial charge in [-0.3, -0.25) is 9.20 Å². The average molecular weight is 467 g/mol. The molecular formula is C25H24F3N5O. The third-order valence-electron chi connectivity index (χ3n) is 6.83. The molecule has 176 valence electrons. The number of hydrogen-bond donors (Lipinski definition) is 1. The Labute approximate surface area is 194 Å². The highest BCUT2D eigenvalue weighted by Gasteiger charge is 2.34. The summed E-state index contributed by atoms with van der Waals surface area (Å²) in [5, 5.41) is 0. The molecule has 0 radical (unpaired) electrons. The molecule has 34 heavy (non-hydrogen) atoms. The van der Waals surface area contributed by atoms with Crippen molar-refractivity contribution < 1.29 is 18.0 Å². The SMILES string of the molecule is CC1CCC[C@@H](N(C)C(=O)c2ccc3nc(N)c4cncn4c3c2)c2ccc(C(F)(F)F)cc21. The molecule has 0 bridgehead atoms. The fourth-order valence-electron chi connectivity index (χ4n) is 4.96. The number of carbonyl (C=O) groups is 1. The summed E-state index contributed by atoms with van der Waals surface area (Å²) in [5.74, 6) is 0.124. The van der Waals surface area contributed by atoms with Crippen molar-refractivity contribution in [3.8, 4) is 0 Å². The number of fused-ring (bicyclic) bond motifs is 4. The molecule has 1 aliphatic rings. The Hall–Kier alpha value is -3.62. The summed E-state index contributed by atoms with van der Waals surface area (Å²) in [7, 11) is 1.71. The van der Waals surface area contributed by atoms with Crippen LogP contribution in [0, 0.1) is 0 Å². The predicted molar refractivity (Wildman–Crippen MR) is 123 cm³/mol. The van der Waals surface area contributed by atoms with Crippen molar-refractivity contribution in [3.05, 3.63) is 71.2 Å². The number of nitrogens with two attached hydrogens (primary N) is 1. The van der Waals surface area contributed by atoms with E-state index >= 15 is 0 Å². The number of aromatic nitrogens is 3. The average Bonchev–Trinajstić information content (AvgIpc) is 3.25. The lowest BCUT2D eigenvalue weighted by Gasteiger charge is -2.30. The first-order valence-corrected chi connectivity index (χ1v) is 11.1. The van der Waals surface area contributed by atoms with Crippen LogP contribution in [0.25, 0.3) is 16.6 Å². The summed E-state index contributed by atoms with van der Waals surface area (Å²) in [6.45, 7) is 1.95. The van der Waals surface area contributed by atoms with Gasteiger partial charge in [0.2, 0.25) is 0 Å². The second-order valence-corrected chi connectivity index (χ2v) is 8.95. The number of anilines is 1. The zero-order chi connectivity index (χ0) is 24.2. The third-order valence-corrected chi connectivity index (χ3v) is 6.83. The molecule has 1 aliphatic carbocycles. The van der Waals surface area contributed by atoms with Gasteiger partial charge in [0, 0.05) is 12.6 Å². The molecule has 0 fully saturated rings. The zero-order valence-electron chi connectivity index (χ0n) is 18.8. The first-order chi connectivity index (χ1) is 16.1. The van der Waals surface area contributed by atoms with E-state index in [0.717, 1.165) is 24.5 Å². The molecule has 1 unspecified atom stereocenters. The van der Waals surface area contributed by atoms with Crippen LogP contribution in [0.2, 0.25) is 0 Å². The highest BCUT2D eigenvalue weighted by Crippen LogP contribution is 2.41. The summed E-state index contributed by atoms with van der Waals surface area (Å²) in [6.07, 6.45) is 1.10. The van der Waals surface area contributed by atoms with Gasteiger partial charge in [0.1, 0.15) is 11.3 Å². The number of alkyl halides is 3. The van der Waals surface area contributed by atoms with E-state index < -0.39 is 11.7 Å². The topological polar surface area (TPSA) is 76.5 Å². The van der Waals surface area contributed by atoms with Crippen LogP contribution in [-0.2, 0) is 6.18 Å². The number of rotatable bonds is 2. The molecule has 2 aromatic heterocycles. The van der Waals surface area contributed by atoms with Crippen LogP contribution in [0.1, 0.15) is 65.2 Å². The number of amides is 1. The van der Waals surface area contributed by atoms with Crippen LogP contribution in [0.4, 0.5) is 19.0 Å². The van der Waals surface area contributed by atoms with Gasteiger partial charge in [-0.05, 0) is 60.2 Å². The number of nitrogen functional groups attached to an aromatic ring is 1. The Bertz CT molecular complexity index is 1410. The Morgan fingerprint density at radius 3 is 2.68 bits per heavy atom. The minimum Gasteiger partial charge on any atom is -0.382 e. The third kappa shape index (κ3) is 3.65. The summed E-state index contributed by atoms with van der Waals surface area (Å²) in [5.41, 5.74) is 9.23. The lowest BCUT2D eigenvalue weighted by molar-refractivity contribution is -0.137. The Morgan fingerprint density at radius 1 is 1.12 bits per heavy atom. The fourth-order valence-corrected chi connectivity index (χ4v) is 4.96. The van der Waals surface area contributed by atoms with Gasteiger partial charge < -0.3 is 10.6 Å². The molecule has 2 atom stereocenters. The van der Waals surface area contributed by atoms with Crippen LogP contribution in [0.5, 0.6) is 0 Å². The molecule has 2 heterocycles. The van der Waals surface area contributed by atoms with Crippen molar-refractivity contribution in [2.75, 3.05) is 12.8 Å². The highest BCUT2D eigenvalue weighted by atomic mass is 19.4. The van der Waals surface area contributed by atoms with E-state index in [1.807, 2.05) is 6.92 Å². The minimum atomic E-state index is -4.40. The van der Waals surface area contributed by atoms with Crippen molar-refractivity contribution in [1.82, 2.24) is 19.3 Å². The Balaban J connectivity index is 1.54. The maximum Gasteiger partial charge on any atom is 0.416 e. The van der Waals surface area contributed by atoms with Crippen molar-refractivity contribution in [3.63, 3.8) is 0 Å². The number of carbonyl (C=O) groups excluding carboxylic acids is 1. The summed E-state index contributed by atoms with van der Waals surface area (Å²) < 4.78 is 41.8. The van der Waals surface area contributed by atoms with E-state index in [2.05, 4.69) is 9.97 Å². The second-order valence-electron chi connectivity index (χ2n) is 8.95. The monoisotopic (exact) mass is 467 g/mol. The lowest BCUT2D eigenvalue weighted by Crippen LogP contribution is -2.31. The summed E-state index contributed by atoms with van der Waals surface area (Å²) in [4.78, 5) is 23.7. The highest BCUT2D eigenvalue weighted by molar-refractivity contribution is 5.98. The van der Waals surface area contributed by atoms with Gasteiger partial charge in [-0.15, -0.1) is 0 Å². The van der Waals surface area contributed by atoms with E-state index in [1.165, 1.54) is 12.1 Å². The van der Waals surface area contributed by atoms with Gasteiger partial charge in [0.15, 0.2) is 0 Å². The zero-order valence-corrected chi connectivity index (χ0v) is 18.8. The fraction of sp³-hybridized carbons (Fsp3) is 0.320. The number of benzene rings is 2. The van der Waals surface area contributed by atoms with Crippen molar-refractivity contribution in [1.29, 1.82) is 0 Å². The molecule has 0 saturated carbocycles. The molecule has 5 rings (SSSR count). The first-order valence-electron chi connectivity index (χ1n) is 11.1. The molecule has 9 heteroatoms. The molecule has 0 aliphatic heterocycles. The number of halogens is 3. The summed E-state index contributed by atoms with van der Waals surface area (Å²) >= 11 is 0. The molecule has 0 saturated heterocycles. The predicted octanol–water partition coefficient (Wildman–Crippen LogP) is 5.58. The molecule has 4 aromatic rings. The van der Waals surface area contributed by atoms with Crippen LogP contribution in [0.15, 0.2) is 48.9 Å². The van der Waals surface area contributed by atoms with Crippen molar-refractivity contribution in [2.45, 2.75) is 44.3 Å². The smallest absolute Gasteiger partial charge is 0.382 e. The van der Waals surface area contributed by atoms with Gasteiger partial charge in [0.05, 0.1) is 35.2 Å². The Kier molecular flexibility index (Phi) is 5.22.